The molecule has 0 spiro atoms. The van der Waals surface area contributed by atoms with Crippen molar-refractivity contribution >= 4 is 0 Å². The first-order valence-corrected chi connectivity index (χ1v) is 6.42. The molecule has 1 rings (SSSR count). The molecular weight excluding hydrogens is 206 g/mol. The number of terminal acetylenes is 1. The maximum Gasteiger partial charge on any atom is 0.00866 e. The third-order valence-corrected chi connectivity index (χ3v) is 3.18. The first kappa shape index (κ1) is 13.8. The van der Waals surface area contributed by atoms with Crippen LogP contribution in [0, 0.1) is 19.3 Å². The molecule has 1 unspecified atom stereocenters. The molecule has 0 aliphatic rings. The normalized spacial score (nSPS) is 12.1. The summed E-state index contributed by atoms with van der Waals surface area (Å²) in [4.78, 5) is 0. The van der Waals surface area contributed by atoms with Crippen LogP contribution in [0.1, 0.15) is 36.8 Å². The SMILES string of the molecule is C#CCCCC(CCc1ccc(C)cc1)NC. The monoisotopic (exact) mass is 229 g/mol. The number of hydrogen-bond donors (Lipinski definition) is 1. The van der Waals surface area contributed by atoms with E-state index in [1.165, 1.54) is 24.0 Å². The lowest BCUT2D eigenvalue weighted by atomic mass is 10.0. The lowest BCUT2D eigenvalue weighted by Gasteiger charge is -2.15. The molecule has 17 heavy (non-hydrogen) atoms. The zero-order valence-corrected chi connectivity index (χ0v) is 11.0. The van der Waals surface area contributed by atoms with Crippen molar-refractivity contribution in [2.45, 2.75) is 45.1 Å². The lowest BCUT2D eigenvalue weighted by molar-refractivity contribution is 0.477. The van der Waals surface area contributed by atoms with E-state index in [2.05, 4.69) is 42.4 Å². The van der Waals surface area contributed by atoms with Crippen molar-refractivity contribution in [1.29, 1.82) is 0 Å². The van der Waals surface area contributed by atoms with E-state index in [9.17, 15) is 0 Å². The van der Waals surface area contributed by atoms with Crippen LogP contribution in [0.2, 0.25) is 0 Å². The summed E-state index contributed by atoms with van der Waals surface area (Å²) in [5.41, 5.74) is 2.75. The van der Waals surface area contributed by atoms with Gasteiger partial charge in [0.15, 0.2) is 0 Å². The highest BCUT2D eigenvalue weighted by Gasteiger charge is 2.05. The van der Waals surface area contributed by atoms with Crippen molar-refractivity contribution in [3.8, 4) is 12.3 Å². The largest absolute Gasteiger partial charge is 0.317 e. The van der Waals surface area contributed by atoms with Gasteiger partial charge < -0.3 is 5.32 Å². The molecule has 1 nitrogen and oxygen atoms in total. The van der Waals surface area contributed by atoms with Gasteiger partial charge in [-0.2, -0.15) is 0 Å². The highest BCUT2D eigenvalue weighted by atomic mass is 14.9. The second kappa shape index (κ2) is 7.92. The maximum atomic E-state index is 5.26. The van der Waals surface area contributed by atoms with E-state index in [-0.39, 0.29) is 0 Å². The van der Waals surface area contributed by atoms with Gasteiger partial charge in [-0.1, -0.05) is 29.8 Å². The molecule has 1 aromatic rings. The summed E-state index contributed by atoms with van der Waals surface area (Å²) in [6, 6.07) is 9.40. The van der Waals surface area contributed by atoms with Crippen LogP contribution in [0.25, 0.3) is 0 Å². The van der Waals surface area contributed by atoms with E-state index < -0.39 is 0 Å². The first-order chi connectivity index (χ1) is 8.26. The fourth-order valence-corrected chi connectivity index (χ4v) is 1.98. The predicted molar refractivity (Wildman–Crippen MR) is 75.0 cm³/mol. The van der Waals surface area contributed by atoms with Gasteiger partial charge in [-0.15, -0.1) is 12.3 Å². The second-order valence-corrected chi connectivity index (χ2v) is 4.61. The van der Waals surface area contributed by atoms with Crippen LogP contribution >= 0.6 is 0 Å². The Bertz CT molecular complexity index is 345. The molecule has 1 aromatic carbocycles. The van der Waals surface area contributed by atoms with E-state index in [0.29, 0.717) is 6.04 Å². The van der Waals surface area contributed by atoms with Crippen LogP contribution in [0.5, 0.6) is 0 Å². The average Bonchev–Trinajstić information content (AvgIpc) is 2.35. The van der Waals surface area contributed by atoms with Crippen molar-refractivity contribution < 1.29 is 0 Å². The number of benzene rings is 1. The second-order valence-electron chi connectivity index (χ2n) is 4.61. The number of aryl methyl sites for hydroxylation is 2. The zero-order chi connectivity index (χ0) is 12.5. The molecule has 0 fully saturated rings. The van der Waals surface area contributed by atoms with Crippen LogP contribution in [-0.2, 0) is 6.42 Å². The summed E-state index contributed by atoms with van der Waals surface area (Å²) < 4.78 is 0. The average molecular weight is 229 g/mol. The van der Waals surface area contributed by atoms with Crippen molar-refractivity contribution in [2.24, 2.45) is 0 Å². The highest BCUT2D eigenvalue weighted by molar-refractivity contribution is 5.21. The Morgan fingerprint density at radius 1 is 1.24 bits per heavy atom. The van der Waals surface area contributed by atoms with Crippen LogP contribution in [0.4, 0.5) is 0 Å². The van der Waals surface area contributed by atoms with Crippen molar-refractivity contribution in [2.75, 3.05) is 7.05 Å². The fourth-order valence-electron chi connectivity index (χ4n) is 1.98. The van der Waals surface area contributed by atoms with Gasteiger partial charge in [-0.3, -0.25) is 0 Å². The van der Waals surface area contributed by atoms with Crippen molar-refractivity contribution in [3.63, 3.8) is 0 Å². The number of nitrogens with one attached hydrogen (secondary N) is 1. The molecule has 0 bridgehead atoms. The summed E-state index contributed by atoms with van der Waals surface area (Å²) in [5.74, 6) is 2.70. The van der Waals surface area contributed by atoms with Gasteiger partial charge in [-0.25, -0.2) is 0 Å². The Hall–Kier alpha value is -1.26. The maximum absolute atomic E-state index is 5.26. The molecule has 0 aliphatic carbocycles. The standard InChI is InChI=1S/C16H23N/c1-4-5-6-7-16(17-3)13-12-15-10-8-14(2)9-11-15/h1,8-11,16-17H,5-7,12-13H2,2-3H3. The van der Waals surface area contributed by atoms with Crippen LogP contribution in [0.15, 0.2) is 24.3 Å². The zero-order valence-electron chi connectivity index (χ0n) is 11.0. The van der Waals surface area contributed by atoms with Gasteiger partial charge in [0.25, 0.3) is 0 Å². The summed E-state index contributed by atoms with van der Waals surface area (Å²) in [7, 11) is 2.04. The van der Waals surface area contributed by atoms with E-state index in [0.717, 1.165) is 19.3 Å². The molecule has 0 amide bonds. The van der Waals surface area contributed by atoms with Gasteiger partial charge in [0.2, 0.25) is 0 Å². The minimum atomic E-state index is 0.588. The van der Waals surface area contributed by atoms with Gasteiger partial charge in [0.1, 0.15) is 0 Å². The lowest BCUT2D eigenvalue weighted by Crippen LogP contribution is -2.25. The summed E-state index contributed by atoms with van der Waals surface area (Å²) in [6.07, 6.45) is 10.8. The Kier molecular flexibility index (Phi) is 6.43. The Labute approximate surface area is 106 Å². The van der Waals surface area contributed by atoms with E-state index in [1.54, 1.807) is 0 Å². The van der Waals surface area contributed by atoms with Crippen LogP contribution in [-0.4, -0.2) is 13.1 Å². The Morgan fingerprint density at radius 3 is 2.53 bits per heavy atom. The molecule has 1 N–H and O–H groups in total. The minimum Gasteiger partial charge on any atom is -0.317 e. The fraction of sp³-hybridized carbons (Fsp3) is 0.500. The topological polar surface area (TPSA) is 12.0 Å². The van der Waals surface area contributed by atoms with Crippen molar-refractivity contribution in [3.05, 3.63) is 35.4 Å². The molecule has 0 radical (unpaired) electrons. The third kappa shape index (κ3) is 5.56. The van der Waals surface area contributed by atoms with Crippen molar-refractivity contribution in [1.82, 2.24) is 5.32 Å². The summed E-state index contributed by atoms with van der Waals surface area (Å²) in [5, 5.41) is 3.37. The number of unbranched alkanes of at least 4 members (excludes halogenated alkanes) is 1. The van der Waals surface area contributed by atoms with Gasteiger partial charge in [0, 0.05) is 12.5 Å². The third-order valence-electron chi connectivity index (χ3n) is 3.18. The van der Waals surface area contributed by atoms with E-state index >= 15 is 0 Å². The predicted octanol–water partition coefficient (Wildman–Crippen LogP) is 3.32. The smallest absolute Gasteiger partial charge is 0.00866 e. The Balaban J connectivity index is 2.32. The molecule has 0 heterocycles. The molecule has 0 saturated heterocycles. The van der Waals surface area contributed by atoms with Gasteiger partial charge in [0.05, 0.1) is 0 Å². The first-order valence-electron chi connectivity index (χ1n) is 6.42. The Morgan fingerprint density at radius 2 is 1.94 bits per heavy atom. The van der Waals surface area contributed by atoms with Crippen LogP contribution in [0.3, 0.4) is 0 Å². The molecule has 0 aromatic heterocycles. The summed E-state index contributed by atoms with van der Waals surface area (Å²) in [6.45, 7) is 2.13. The van der Waals surface area contributed by atoms with Crippen LogP contribution < -0.4 is 5.32 Å². The quantitative estimate of drug-likeness (QED) is 0.558. The highest BCUT2D eigenvalue weighted by Crippen LogP contribution is 2.10. The minimum absolute atomic E-state index is 0.588. The molecule has 0 aliphatic heterocycles. The van der Waals surface area contributed by atoms with Gasteiger partial charge >= 0.3 is 0 Å². The summed E-state index contributed by atoms with van der Waals surface area (Å²) >= 11 is 0. The van der Waals surface area contributed by atoms with E-state index in [1.807, 2.05) is 7.05 Å². The van der Waals surface area contributed by atoms with Gasteiger partial charge in [-0.05, 0) is 45.2 Å². The van der Waals surface area contributed by atoms with E-state index in [4.69, 9.17) is 6.42 Å². The number of rotatable bonds is 7. The molecule has 0 saturated carbocycles. The number of hydrogen-bond acceptors (Lipinski definition) is 1. The molecule has 1 atom stereocenters. The molecule has 92 valence electrons. The molecular formula is C16H23N. The molecule has 1 heteroatoms.